The highest BCUT2D eigenvalue weighted by Gasteiger charge is 2.31. The van der Waals surface area contributed by atoms with Crippen molar-refractivity contribution in [3.05, 3.63) is 64.5 Å². The summed E-state index contributed by atoms with van der Waals surface area (Å²) in [6.45, 7) is 5.14. The average molecular weight is 478 g/mol. The Kier molecular flexibility index (Phi) is 6.82. The van der Waals surface area contributed by atoms with E-state index in [4.69, 9.17) is 4.74 Å². The molecule has 11 heteroatoms. The maximum atomic E-state index is 13.1. The van der Waals surface area contributed by atoms with Gasteiger partial charge in [-0.2, -0.15) is 0 Å². The number of aromatic hydroxyl groups is 1. The summed E-state index contributed by atoms with van der Waals surface area (Å²) < 4.78 is 49.4. The third-order valence-electron chi connectivity index (χ3n) is 5.75. The van der Waals surface area contributed by atoms with E-state index in [2.05, 4.69) is 14.6 Å². The molecule has 0 atom stereocenters. The van der Waals surface area contributed by atoms with Crippen LogP contribution in [0.5, 0.6) is 17.4 Å². The lowest BCUT2D eigenvalue weighted by Gasteiger charge is -2.16. The number of pyridine rings is 1. The molecule has 0 aliphatic carbocycles. The van der Waals surface area contributed by atoms with Crippen molar-refractivity contribution in [2.24, 2.45) is 0 Å². The van der Waals surface area contributed by atoms with Crippen LogP contribution in [0.25, 0.3) is 5.69 Å². The van der Waals surface area contributed by atoms with Crippen LogP contribution in [0.3, 0.4) is 0 Å². The number of hydrogen-bond acceptors (Lipinski definition) is 6. The average Bonchev–Trinajstić information content (AvgIpc) is 3.38. The van der Waals surface area contributed by atoms with E-state index >= 15 is 0 Å². The minimum absolute atomic E-state index is 0.127. The smallest absolute Gasteiger partial charge is 0.493 e. The van der Waals surface area contributed by atoms with E-state index in [-0.39, 0.29) is 18.1 Å². The minimum Gasteiger partial charge on any atom is -0.493 e. The topological polar surface area (TPSA) is 81.8 Å². The number of hydrogen-bond donors (Lipinski definition) is 1. The predicted molar refractivity (Wildman–Crippen MR) is 118 cm³/mol. The Morgan fingerprint density at radius 3 is 2.50 bits per heavy atom. The molecule has 0 unspecified atom stereocenters. The van der Waals surface area contributed by atoms with Crippen molar-refractivity contribution in [1.29, 1.82) is 0 Å². The van der Waals surface area contributed by atoms with Crippen LogP contribution in [0.15, 0.2) is 47.5 Å². The Hall–Kier alpha value is -3.47. The summed E-state index contributed by atoms with van der Waals surface area (Å²) in [5, 5.41) is 10.6. The van der Waals surface area contributed by atoms with Gasteiger partial charge in [-0.15, -0.1) is 13.2 Å². The second kappa shape index (κ2) is 9.80. The molecule has 34 heavy (non-hydrogen) atoms. The molecule has 0 spiro atoms. The molecule has 0 radical (unpaired) electrons. The lowest BCUT2D eigenvalue weighted by Crippen LogP contribution is -2.26. The Morgan fingerprint density at radius 2 is 1.82 bits per heavy atom. The van der Waals surface area contributed by atoms with Crippen LogP contribution in [0.1, 0.15) is 24.1 Å². The summed E-state index contributed by atoms with van der Waals surface area (Å²) >= 11 is 0. The number of halogens is 3. The molecule has 1 aliphatic rings. The number of imidazole rings is 1. The largest absolute Gasteiger partial charge is 0.573 e. The van der Waals surface area contributed by atoms with Gasteiger partial charge in [0.15, 0.2) is 0 Å². The second-order valence-corrected chi connectivity index (χ2v) is 8.04. The fraction of sp³-hybridized carbons (Fsp3) is 0.391. The molecule has 1 aliphatic heterocycles. The van der Waals surface area contributed by atoms with Crippen LogP contribution in [0.4, 0.5) is 13.2 Å². The lowest BCUT2D eigenvalue weighted by molar-refractivity contribution is -0.274. The molecule has 0 amide bonds. The third-order valence-corrected chi connectivity index (χ3v) is 5.75. The second-order valence-electron chi connectivity index (χ2n) is 8.04. The number of rotatable bonds is 8. The van der Waals surface area contributed by atoms with E-state index in [0.29, 0.717) is 23.6 Å². The Balaban J connectivity index is 1.54. The quantitative estimate of drug-likeness (QED) is 0.534. The summed E-state index contributed by atoms with van der Waals surface area (Å²) in [6.07, 6.45) is 0.756. The molecule has 1 fully saturated rings. The van der Waals surface area contributed by atoms with Gasteiger partial charge in [0, 0.05) is 18.3 Å². The van der Waals surface area contributed by atoms with E-state index in [1.54, 1.807) is 25.4 Å². The Labute approximate surface area is 193 Å². The lowest BCUT2D eigenvalue weighted by atomic mass is 10.2. The number of aromatic nitrogens is 3. The zero-order valence-electron chi connectivity index (χ0n) is 18.6. The number of ether oxygens (including phenoxy) is 2. The van der Waals surface area contributed by atoms with Gasteiger partial charge in [-0.1, -0.05) is 0 Å². The van der Waals surface area contributed by atoms with Crippen molar-refractivity contribution in [3.63, 3.8) is 0 Å². The summed E-state index contributed by atoms with van der Waals surface area (Å²) in [4.78, 5) is 19.6. The monoisotopic (exact) mass is 478 g/mol. The van der Waals surface area contributed by atoms with Gasteiger partial charge in [0.1, 0.15) is 18.1 Å². The molecular weight excluding hydrogens is 453 g/mol. The highest BCUT2D eigenvalue weighted by Crippen LogP contribution is 2.26. The maximum Gasteiger partial charge on any atom is 0.573 e. The summed E-state index contributed by atoms with van der Waals surface area (Å²) in [5.74, 6) is -0.179. The first-order chi connectivity index (χ1) is 16.2. The van der Waals surface area contributed by atoms with Crippen molar-refractivity contribution in [1.82, 2.24) is 19.0 Å². The molecule has 4 rings (SSSR count). The first-order valence-corrected chi connectivity index (χ1v) is 10.9. The molecule has 8 nitrogen and oxygen atoms in total. The summed E-state index contributed by atoms with van der Waals surface area (Å²) in [5.41, 5.74) is 0.683. The van der Waals surface area contributed by atoms with Crippen LogP contribution in [-0.4, -0.2) is 56.7 Å². The van der Waals surface area contributed by atoms with Crippen LogP contribution < -0.4 is 15.2 Å². The van der Waals surface area contributed by atoms with Crippen molar-refractivity contribution in [2.75, 3.05) is 26.2 Å². The normalized spacial score (nSPS) is 14.5. The van der Waals surface area contributed by atoms with Crippen LogP contribution >= 0.6 is 0 Å². The van der Waals surface area contributed by atoms with Gasteiger partial charge in [-0.05, 0) is 63.2 Å². The van der Waals surface area contributed by atoms with Crippen molar-refractivity contribution >= 4 is 0 Å². The van der Waals surface area contributed by atoms with E-state index in [1.165, 1.54) is 29.5 Å². The molecule has 0 bridgehead atoms. The molecule has 3 heterocycles. The third kappa shape index (κ3) is 5.36. The Bertz CT molecular complexity index is 1180. The zero-order valence-corrected chi connectivity index (χ0v) is 18.6. The summed E-state index contributed by atoms with van der Waals surface area (Å²) in [6, 6.07) is 6.44. The Morgan fingerprint density at radius 1 is 1.12 bits per heavy atom. The van der Waals surface area contributed by atoms with E-state index in [9.17, 15) is 23.1 Å². The maximum absolute atomic E-state index is 13.1. The number of nitrogens with zero attached hydrogens (tertiary/aromatic N) is 4. The fourth-order valence-electron chi connectivity index (χ4n) is 3.98. The van der Waals surface area contributed by atoms with Gasteiger partial charge < -0.3 is 14.6 Å². The van der Waals surface area contributed by atoms with Crippen LogP contribution in [-0.2, 0) is 6.54 Å². The fourth-order valence-corrected chi connectivity index (χ4v) is 3.98. The number of benzene rings is 1. The highest BCUT2D eigenvalue weighted by molar-refractivity contribution is 5.42. The molecule has 0 saturated carbocycles. The molecule has 182 valence electrons. The van der Waals surface area contributed by atoms with Gasteiger partial charge in [-0.25, -0.2) is 9.36 Å². The van der Waals surface area contributed by atoms with Gasteiger partial charge in [-0.3, -0.25) is 14.5 Å². The van der Waals surface area contributed by atoms with Gasteiger partial charge in [0.25, 0.3) is 0 Å². The highest BCUT2D eigenvalue weighted by atomic mass is 19.4. The minimum atomic E-state index is -4.82. The van der Waals surface area contributed by atoms with Crippen molar-refractivity contribution in [3.8, 4) is 23.1 Å². The predicted octanol–water partition coefficient (Wildman–Crippen LogP) is 3.47. The van der Waals surface area contributed by atoms with E-state index < -0.39 is 17.8 Å². The molecule has 1 aromatic carbocycles. The number of likely N-dealkylation sites (tertiary alicyclic amines) is 1. The van der Waals surface area contributed by atoms with E-state index in [1.807, 2.05) is 0 Å². The van der Waals surface area contributed by atoms with Gasteiger partial charge in [0.2, 0.25) is 5.88 Å². The standard InChI is InChI=1S/C23H25F3N4O4/c1-16-21(31)30(18-4-6-19(7-5-18)34-23(24,25)26)22(32)29(16)15-17-8-9-27-14-20(17)33-13-12-28-10-2-3-11-28/h4-9,14,31H,2-3,10-13,15H2,1H3. The molecule has 1 N–H and O–H groups in total. The van der Waals surface area contributed by atoms with Gasteiger partial charge in [0.05, 0.1) is 24.1 Å². The first-order valence-electron chi connectivity index (χ1n) is 10.9. The van der Waals surface area contributed by atoms with E-state index in [0.717, 1.165) is 36.3 Å². The van der Waals surface area contributed by atoms with Crippen LogP contribution in [0.2, 0.25) is 0 Å². The first kappa shape index (κ1) is 23.7. The molecule has 2 aromatic heterocycles. The van der Waals surface area contributed by atoms with Gasteiger partial charge >= 0.3 is 12.1 Å². The molecular formula is C23H25F3N4O4. The number of alkyl halides is 3. The van der Waals surface area contributed by atoms with Crippen LogP contribution in [0, 0.1) is 6.92 Å². The SMILES string of the molecule is Cc1c(O)n(-c2ccc(OC(F)(F)F)cc2)c(=O)n1Cc1ccncc1OCCN1CCCC1. The summed E-state index contributed by atoms with van der Waals surface area (Å²) in [7, 11) is 0. The zero-order chi connectivity index (χ0) is 24.3. The van der Waals surface area contributed by atoms with Crippen molar-refractivity contribution < 1.29 is 27.8 Å². The van der Waals surface area contributed by atoms with Crippen molar-refractivity contribution in [2.45, 2.75) is 32.7 Å². The molecule has 1 saturated heterocycles. The molecule has 3 aromatic rings.